The van der Waals surface area contributed by atoms with Crippen molar-refractivity contribution in [1.82, 2.24) is 9.97 Å². The van der Waals surface area contributed by atoms with Gasteiger partial charge in [0.15, 0.2) is 0 Å². The molecule has 120 valence electrons. The zero-order valence-corrected chi connectivity index (χ0v) is 14.2. The van der Waals surface area contributed by atoms with Gasteiger partial charge in [0.2, 0.25) is 0 Å². The third kappa shape index (κ3) is 3.76. The van der Waals surface area contributed by atoms with Crippen LogP contribution in [0.25, 0.3) is 0 Å². The molecule has 0 atom stereocenters. The first-order chi connectivity index (χ1) is 10.8. The van der Waals surface area contributed by atoms with Crippen LogP contribution >= 0.6 is 0 Å². The maximum atomic E-state index is 12.6. The Labute approximate surface area is 137 Å². The maximum Gasteiger partial charge on any atom is 0.255 e. The van der Waals surface area contributed by atoms with Crippen LogP contribution in [0.2, 0.25) is 0 Å². The Morgan fingerprint density at radius 2 is 1.78 bits per heavy atom. The Bertz CT molecular complexity index is 725. The number of carbonyl (C=O) groups is 1. The Morgan fingerprint density at radius 3 is 2.35 bits per heavy atom. The molecule has 1 aromatic heterocycles. The summed E-state index contributed by atoms with van der Waals surface area (Å²) in [5.74, 6) is 1.20. The number of hydrogen-bond donors (Lipinski definition) is 1. The molecule has 0 saturated heterocycles. The van der Waals surface area contributed by atoms with Gasteiger partial charge in [0, 0.05) is 5.56 Å². The first-order valence-corrected chi connectivity index (χ1v) is 8.08. The number of nitrogens with one attached hydrogen (secondary N) is 1. The Balaban J connectivity index is 1.89. The molecule has 1 N–H and O–H groups in total. The Hall–Kier alpha value is -2.23. The standard InChI is InChI=1S/C19H23N3O/c1-12-20-10-17(11-21-12)22-18(23)15-7-14(13-5-6-13)8-16(9-15)19(2,3)4/h7-11,13H,5-6H2,1-4H3,(H,22,23). The predicted octanol–water partition coefficient (Wildman–Crippen LogP) is 4.21. The van der Waals surface area contributed by atoms with Crippen molar-refractivity contribution >= 4 is 11.6 Å². The molecule has 2 aromatic rings. The fourth-order valence-corrected chi connectivity index (χ4v) is 2.53. The minimum Gasteiger partial charge on any atom is -0.319 e. The molecule has 1 heterocycles. The summed E-state index contributed by atoms with van der Waals surface area (Å²) in [5, 5.41) is 2.89. The summed E-state index contributed by atoms with van der Waals surface area (Å²) in [4.78, 5) is 20.8. The van der Waals surface area contributed by atoms with Gasteiger partial charge in [-0.25, -0.2) is 9.97 Å². The highest BCUT2D eigenvalue weighted by Gasteiger charge is 2.26. The van der Waals surface area contributed by atoms with Crippen molar-refractivity contribution in [2.24, 2.45) is 0 Å². The third-order valence-electron chi connectivity index (χ3n) is 4.17. The van der Waals surface area contributed by atoms with E-state index in [4.69, 9.17) is 0 Å². The predicted molar refractivity (Wildman–Crippen MR) is 91.8 cm³/mol. The second-order valence-corrected chi connectivity index (χ2v) is 7.34. The number of benzene rings is 1. The van der Waals surface area contributed by atoms with Gasteiger partial charge in [-0.05, 0) is 54.4 Å². The fourth-order valence-electron chi connectivity index (χ4n) is 2.53. The summed E-state index contributed by atoms with van der Waals surface area (Å²) >= 11 is 0. The van der Waals surface area contributed by atoms with Crippen LogP contribution in [0, 0.1) is 6.92 Å². The highest BCUT2D eigenvalue weighted by Crippen LogP contribution is 2.41. The lowest BCUT2D eigenvalue weighted by Gasteiger charge is -2.21. The van der Waals surface area contributed by atoms with Crippen LogP contribution in [-0.2, 0) is 5.41 Å². The molecule has 1 aliphatic rings. The molecule has 4 heteroatoms. The first kappa shape index (κ1) is 15.7. The molecule has 1 aromatic carbocycles. The smallest absolute Gasteiger partial charge is 0.255 e. The quantitative estimate of drug-likeness (QED) is 0.924. The van der Waals surface area contributed by atoms with E-state index in [1.165, 1.54) is 24.0 Å². The van der Waals surface area contributed by atoms with Crippen LogP contribution in [0.15, 0.2) is 30.6 Å². The highest BCUT2D eigenvalue weighted by atomic mass is 16.1. The van der Waals surface area contributed by atoms with Crippen LogP contribution in [-0.4, -0.2) is 15.9 Å². The van der Waals surface area contributed by atoms with Gasteiger partial charge in [-0.15, -0.1) is 0 Å². The second kappa shape index (κ2) is 5.76. The second-order valence-electron chi connectivity index (χ2n) is 7.34. The molecule has 0 radical (unpaired) electrons. The maximum absolute atomic E-state index is 12.6. The van der Waals surface area contributed by atoms with Gasteiger partial charge in [-0.3, -0.25) is 4.79 Å². The van der Waals surface area contributed by atoms with Gasteiger partial charge < -0.3 is 5.32 Å². The fraction of sp³-hybridized carbons (Fsp3) is 0.421. The topological polar surface area (TPSA) is 54.9 Å². The molecule has 0 spiro atoms. The minimum atomic E-state index is -0.106. The van der Waals surface area contributed by atoms with Crippen molar-refractivity contribution in [1.29, 1.82) is 0 Å². The zero-order chi connectivity index (χ0) is 16.6. The van der Waals surface area contributed by atoms with Gasteiger partial charge in [-0.1, -0.05) is 26.8 Å². The van der Waals surface area contributed by atoms with E-state index in [2.05, 4.69) is 42.1 Å². The van der Waals surface area contributed by atoms with Gasteiger partial charge in [0.05, 0.1) is 18.1 Å². The molecule has 23 heavy (non-hydrogen) atoms. The van der Waals surface area contributed by atoms with Crippen molar-refractivity contribution in [3.8, 4) is 0 Å². The van der Waals surface area contributed by atoms with Crippen molar-refractivity contribution in [2.75, 3.05) is 5.32 Å². The number of amides is 1. The SMILES string of the molecule is Cc1ncc(NC(=O)c2cc(C3CC3)cc(C(C)(C)C)c2)cn1. The van der Waals surface area contributed by atoms with Crippen molar-refractivity contribution < 1.29 is 4.79 Å². The molecule has 0 aliphatic heterocycles. The van der Waals surface area contributed by atoms with Crippen molar-refractivity contribution in [3.05, 3.63) is 53.1 Å². The number of carbonyl (C=O) groups excluding carboxylic acids is 1. The average molecular weight is 309 g/mol. The van der Waals surface area contributed by atoms with E-state index in [0.717, 1.165) is 0 Å². The van der Waals surface area contributed by atoms with Gasteiger partial charge in [0.1, 0.15) is 5.82 Å². The van der Waals surface area contributed by atoms with Crippen LogP contribution < -0.4 is 5.32 Å². The molecule has 0 unspecified atom stereocenters. The van der Waals surface area contributed by atoms with Crippen LogP contribution in [0.3, 0.4) is 0 Å². The van der Waals surface area contributed by atoms with Gasteiger partial charge in [-0.2, -0.15) is 0 Å². The number of aryl methyl sites for hydroxylation is 1. The molecular weight excluding hydrogens is 286 g/mol. The minimum absolute atomic E-state index is 0.0207. The molecule has 1 saturated carbocycles. The lowest BCUT2D eigenvalue weighted by atomic mass is 9.84. The molecule has 4 nitrogen and oxygen atoms in total. The number of nitrogens with zero attached hydrogens (tertiary/aromatic N) is 2. The van der Waals surface area contributed by atoms with Crippen molar-refractivity contribution in [3.63, 3.8) is 0 Å². The lowest BCUT2D eigenvalue weighted by molar-refractivity contribution is 0.102. The van der Waals surface area contributed by atoms with E-state index in [1.807, 2.05) is 19.1 Å². The molecule has 3 rings (SSSR count). The summed E-state index contributed by atoms with van der Waals surface area (Å²) in [6.07, 6.45) is 5.71. The van der Waals surface area contributed by atoms with Crippen LogP contribution in [0.4, 0.5) is 5.69 Å². The first-order valence-electron chi connectivity index (χ1n) is 8.08. The molecular formula is C19H23N3O. The summed E-state index contributed by atoms with van der Waals surface area (Å²) in [6.45, 7) is 8.35. The van der Waals surface area contributed by atoms with E-state index in [1.54, 1.807) is 12.4 Å². The lowest BCUT2D eigenvalue weighted by Crippen LogP contribution is -2.17. The summed E-state index contributed by atoms with van der Waals surface area (Å²) in [6, 6.07) is 6.27. The summed E-state index contributed by atoms with van der Waals surface area (Å²) < 4.78 is 0. The monoisotopic (exact) mass is 309 g/mol. The number of aromatic nitrogens is 2. The number of rotatable bonds is 3. The van der Waals surface area contributed by atoms with E-state index in [9.17, 15) is 4.79 Å². The summed E-state index contributed by atoms with van der Waals surface area (Å²) in [5.41, 5.74) is 3.83. The van der Waals surface area contributed by atoms with Crippen molar-refractivity contribution in [2.45, 2.75) is 51.9 Å². The normalized spacial score (nSPS) is 14.6. The highest BCUT2D eigenvalue weighted by molar-refractivity contribution is 6.04. The van der Waals surface area contributed by atoms with Crippen LogP contribution in [0.5, 0.6) is 0 Å². The third-order valence-corrected chi connectivity index (χ3v) is 4.17. The average Bonchev–Trinajstić information content (AvgIpc) is 3.33. The zero-order valence-electron chi connectivity index (χ0n) is 14.2. The molecule has 0 bridgehead atoms. The largest absolute Gasteiger partial charge is 0.319 e. The van der Waals surface area contributed by atoms with Gasteiger partial charge in [0.25, 0.3) is 5.91 Å². The number of anilines is 1. The molecule has 1 fully saturated rings. The van der Waals surface area contributed by atoms with E-state index in [0.29, 0.717) is 23.0 Å². The summed E-state index contributed by atoms with van der Waals surface area (Å²) in [7, 11) is 0. The van der Waals surface area contributed by atoms with E-state index in [-0.39, 0.29) is 11.3 Å². The van der Waals surface area contributed by atoms with Gasteiger partial charge >= 0.3 is 0 Å². The number of hydrogen-bond acceptors (Lipinski definition) is 3. The Morgan fingerprint density at radius 1 is 1.13 bits per heavy atom. The Kier molecular flexibility index (Phi) is 3.92. The van der Waals surface area contributed by atoms with E-state index >= 15 is 0 Å². The van der Waals surface area contributed by atoms with Crippen LogP contribution in [0.1, 0.15) is 66.8 Å². The van der Waals surface area contributed by atoms with E-state index < -0.39 is 0 Å². The molecule has 1 aliphatic carbocycles. The molecule has 1 amide bonds.